The molecule has 9 heteroatoms. The van der Waals surface area contributed by atoms with Crippen LogP contribution >= 0.6 is 0 Å². The standard InChI is InChI=1S/C22H16F4N4O/c1-10-3-4-12(28-22(31)13-5-7-17(20(25)26)27-11(13)2)9-14(10)21-29-16-8-6-15(23)18(24)19(16)30-21/h3-9,20H,1-2H3,(H,28,31)(H,29,30). The maximum absolute atomic E-state index is 14.0. The molecule has 0 atom stereocenters. The van der Waals surface area contributed by atoms with Crippen LogP contribution in [0.3, 0.4) is 0 Å². The summed E-state index contributed by atoms with van der Waals surface area (Å²) < 4.78 is 53.1. The topological polar surface area (TPSA) is 70.7 Å². The molecule has 1 amide bonds. The summed E-state index contributed by atoms with van der Waals surface area (Å²) in [5, 5.41) is 2.70. The molecule has 0 spiro atoms. The number of aromatic nitrogens is 3. The number of aromatic amines is 1. The zero-order valence-electron chi connectivity index (χ0n) is 16.4. The molecule has 2 aromatic heterocycles. The molecule has 0 saturated heterocycles. The molecule has 31 heavy (non-hydrogen) atoms. The summed E-state index contributed by atoms with van der Waals surface area (Å²) >= 11 is 0. The monoisotopic (exact) mass is 428 g/mol. The molecule has 0 unspecified atom stereocenters. The number of imidazole rings is 1. The van der Waals surface area contributed by atoms with E-state index in [1.807, 2.05) is 6.92 Å². The van der Waals surface area contributed by atoms with E-state index in [1.54, 1.807) is 18.2 Å². The largest absolute Gasteiger partial charge is 0.338 e. The number of anilines is 1. The van der Waals surface area contributed by atoms with Crippen molar-refractivity contribution in [2.24, 2.45) is 0 Å². The number of hydrogen-bond acceptors (Lipinski definition) is 3. The van der Waals surface area contributed by atoms with Crippen molar-refractivity contribution in [1.29, 1.82) is 0 Å². The van der Waals surface area contributed by atoms with E-state index in [0.29, 0.717) is 22.6 Å². The average molecular weight is 428 g/mol. The van der Waals surface area contributed by atoms with Crippen molar-refractivity contribution in [3.8, 4) is 11.4 Å². The number of nitrogens with zero attached hydrogens (tertiary/aromatic N) is 2. The van der Waals surface area contributed by atoms with Crippen LogP contribution in [0.5, 0.6) is 0 Å². The molecule has 0 aliphatic heterocycles. The molecule has 0 aliphatic carbocycles. The van der Waals surface area contributed by atoms with Gasteiger partial charge >= 0.3 is 0 Å². The summed E-state index contributed by atoms with van der Waals surface area (Å²) in [5.74, 6) is -2.24. The van der Waals surface area contributed by atoms with E-state index in [2.05, 4.69) is 20.3 Å². The minimum absolute atomic E-state index is 0.121. The molecule has 4 rings (SSSR count). The number of carbonyl (C=O) groups excluding carboxylic acids is 1. The molecular formula is C22H16F4N4O. The highest BCUT2D eigenvalue weighted by Crippen LogP contribution is 2.28. The SMILES string of the molecule is Cc1ccc(NC(=O)c2ccc(C(F)F)nc2C)cc1-c1nc2c(F)c(F)ccc2[nH]1. The number of carbonyl (C=O) groups is 1. The Labute approximate surface area is 174 Å². The van der Waals surface area contributed by atoms with Crippen LogP contribution in [0.4, 0.5) is 23.2 Å². The van der Waals surface area contributed by atoms with Crippen molar-refractivity contribution in [2.45, 2.75) is 20.3 Å². The van der Waals surface area contributed by atoms with Crippen molar-refractivity contribution in [1.82, 2.24) is 15.0 Å². The minimum atomic E-state index is -2.72. The first kappa shape index (κ1) is 20.5. The Morgan fingerprint density at radius 3 is 2.52 bits per heavy atom. The number of amides is 1. The summed E-state index contributed by atoms with van der Waals surface area (Å²) in [6.45, 7) is 3.28. The number of aryl methyl sites for hydroxylation is 2. The Kier molecular flexibility index (Phi) is 5.18. The van der Waals surface area contributed by atoms with Crippen molar-refractivity contribution in [3.05, 3.63) is 76.6 Å². The zero-order chi connectivity index (χ0) is 22.3. The Bertz CT molecular complexity index is 1320. The Morgan fingerprint density at radius 2 is 1.81 bits per heavy atom. The van der Waals surface area contributed by atoms with Crippen LogP contribution in [-0.4, -0.2) is 20.9 Å². The highest BCUT2D eigenvalue weighted by molar-refractivity contribution is 6.05. The minimum Gasteiger partial charge on any atom is -0.338 e. The third kappa shape index (κ3) is 3.86. The van der Waals surface area contributed by atoms with E-state index in [4.69, 9.17) is 0 Å². The number of nitrogens with one attached hydrogen (secondary N) is 2. The number of H-pyrrole nitrogens is 1. The van der Waals surface area contributed by atoms with Crippen LogP contribution in [0.15, 0.2) is 42.5 Å². The van der Waals surface area contributed by atoms with E-state index >= 15 is 0 Å². The van der Waals surface area contributed by atoms with Crippen LogP contribution in [0.25, 0.3) is 22.4 Å². The van der Waals surface area contributed by atoms with Gasteiger partial charge in [-0.15, -0.1) is 0 Å². The first-order chi connectivity index (χ1) is 14.7. The lowest BCUT2D eigenvalue weighted by Crippen LogP contribution is -2.14. The van der Waals surface area contributed by atoms with Gasteiger partial charge in [0.15, 0.2) is 11.6 Å². The average Bonchev–Trinajstić information content (AvgIpc) is 3.16. The van der Waals surface area contributed by atoms with Gasteiger partial charge in [0.25, 0.3) is 12.3 Å². The van der Waals surface area contributed by atoms with Gasteiger partial charge in [-0.3, -0.25) is 9.78 Å². The highest BCUT2D eigenvalue weighted by Gasteiger charge is 2.17. The van der Waals surface area contributed by atoms with Crippen LogP contribution in [0.1, 0.15) is 33.7 Å². The summed E-state index contributed by atoms with van der Waals surface area (Å²) in [7, 11) is 0. The quantitative estimate of drug-likeness (QED) is 0.409. The van der Waals surface area contributed by atoms with E-state index in [1.165, 1.54) is 19.1 Å². The molecule has 0 aliphatic rings. The fraction of sp³-hybridized carbons (Fsp3) is 0.136. The number of alkyl halides is 2. The lowest BCUT2D eigenvalue weighted by molar-refractivity contribution is 0.102. The normalized spacial score (nSPS) is 11.3. The summed E-state index contributed by atoms with van der Waals surface area (Å²) in [4.78, 5) is 23.5. The molecule has 158 valence electrons. The third-order valence-electron chi connectivity index (χ3n) is 4.87. The number of halogens is 4. The Hall–Kier alpha value is -3.75. The van der Waals surface area contributed by atoms with Gasteiger partial charge in [0.05, 0.1) is 16.8 Å². The van der Waals surface area contributed by atoms with Gasteiger partial charge in [-0.1, -0.05) is 6.07 Å². The van der Waals surface area contributed by atoms with E-state index < -0.39 is 29.7 Å². The van der Waals surface area contributed by atoms with Crippen LogP contribution in [0.2, 0.25) is 0 Å². The molecule has 2 aromatic carbocycles. The van der Waals surface area contributed by atoms with Gasteiger partial charge in [-0.25, -0.2) is 22.5 Å². The fourth-order valence-corrected chi connectivity index (χ4v) is 3.24. The Morgan fingerprint density at radius 1 is 1.03 bits per heavy atom. The fourth-order valence-electron chi connectivity index (χ4n) is 3.24. The van der Waals surface area contributed by atoms with Crippen LogP contribution in [-0.2, 0) is 0 Å². The molecule has 4 aromatic rings. The summed E-state index contributed by atoms with van der Waals surface area (Å²) in [6.07, 6.45) is -2.72. The van der Waals surface area contributed by atoms with Gasteiger partial charge in [0, 0.05) is 11.3 Å². The second kappa shape index (κ2) is 7.82. The van der Waals surface area contributed by atoms with Gasteiger partial charge in [-0.05, 0) is 55.8 Å². The summed E-state index contributed by atoms with van der Waals surface area (Å²) in [5.41, 5.74) is 1.93. The zero-order valence-corrected chi connectivity index (χ0v) is 16.4. The molecule has 5 nitrogen and oxygen atoms in total. The van der Waals surface area contributed by atoms with Crippen molar-refractivity contribution < 1.29 is 22.4 Å². The van der Waals surface area contributed by atoms with E-state index in [9.17, 15) is 22.4 Å². The molecule has 0 saturated carbocycles. The molecule has 0 radical (unpaired) electrons. The number of hydrogen-bond donors (Lipinski definition) is 2. The molecular weight excluding hydrogens is 412 g/mol. The Balaban J connectivity index is 1.66. The van der Waals surface area contributed by atoms with E-state index in [0.717, 1.165) is 17.7 Å². The first-order valence-electron chi connectivity index (χ1n) is 9.26. The maximum atomic E-state index is 14.0. The number of pyridine rings is 1. The van der Waals surface area contributed by atoms with E-state index in [-0.39, 0.29) is 16.8 Å². The second-order valence-electron chi connectivity index (χ2n) is 7.00. The highest BCUT2D eigenvalue weighted by atomic mass is 19.3. The van der Waals surface area contributed by atoms with Crippen molar-refractivity contribution in [3.63, 3.8) is 0 Å². The number of fused-ring (bicyclic) bond motifs is 1. The molecule has 0 bridgehead atoms. The first-order valence-corrected chi connectivity index (χ1v) is 9.26. The van der Waals surface area contributed by atoms with Crippen LogP contribution < -0.4 is 5.32 Å². The molecule has 2 N–H and O–H groups in total. The van der Waals surface area contributed by atoms with Gasteiger partial charge in [0.1, 0.15) is 17.0 Å². The van der Waals surface area contributed by atoms with Gasteiger partial charge < -0.3 is 10.3 Å². The van der Waals surface area contributed by atoms with Gasteiger partial charge in [0.2, 0.25) is 0 Å². The second-order valence-corrected chi connectivity index (χ2v) is 7.00. The summed E-state index contributed by atoms with van der Waals surface area (Å²) in [6, 6.07) is 9.84. The molecule has 0 fully saturated rings. The van der Waals surface area contributed by atoms with Gasteiger partial charge in [-0.2, -0.15) is 0 Å². The molecule has 2 heterocycles. The smallest absolute Gasteiger partial charge is 0.280 e. The van der Waals surface area contributed by atoms with Crippen molar-refractivity contribution in [2.75, 3.05) is 5.32 Å². The van der Waals surface area contributed by atoms with Crippen molar-refractivity contribution >= 4 is 22.6 Å². The predicted octanol–water partition coefficient (Wildman–Crippen LogP) is 5.71. The predicted molar refractivity (Wildman–Crippen MR) is 108 cm³/mol. The lowest BCUT2D eigenvalue weighted by Gasteiger charge is -2.11. The maximum Gasteiger partial charge on any atom is 0.280 e. The third-order valence-corrected chi connectivity index (χ3v) is 4.87. The number of rotatable bonds is 4. The lowest BCUT2D eigenvalue weighted by atomic mass is 10.1. The number of benzene rings is 2. The van der Waals surface area contributed by atoms with Crippen LogP contribution in [0, 0.1) is 25.5 Å².